The second-order valence-corrected chi connectivity index (χ2v) is 7.05. The molecule has 8 heteroatoms. The Labute approximate surface area is 121 Å². The maximum absolute atomic E-state index is 13.3. The fourth-order valence-corrected chi connectivity index (χ4v) is 3.93. The van der Waals surface area contributed by atoms with Crippen LogP contribution in [0.1, 0.15) is 23.7 Å². The lowest BCUT2D eigenvalue weighted by Gasteiger charge is -2.33. The minimum absolute atomic E-state index is 0.0390. The molecule has 116 valence electrons. The van der Waals surface area contributed by atoms with Crippen LogP contribution in [0.3, 0.4) is 0 Å². The number of rotatable bonds is 3. The van der Waals surface area contributed by atoms with E-state index in [0.29, 0.717) is 12.5 Å². The van der Waals surface area contributed by atoms with Crippen LogP contribution in [0.2, 0.25) is 0 Å². The zero-order valence-electron chi connectivity index (χ0n) is 11.4. The summed E-state index contributed by atoms with van der Waals surface area (Å²) in [5, 5.41) is 18.9. The molecule has 0 amide bonds. The van der Waals surface area contributed by atoms with Crippen LogP contribution < -0.4 is 0 Å². The lowest BCUT2D eigenvalue weighted by molar-refractivity contribution is 0.0604. The molecule has 6 nitrogen and oxygen atoms in total. The van der Waals surface area contributed by atoms with E-state index in [2.05, 4.69) is 0 Å². The molecule has 1 aromatic rings. The highest BCUT2D eigenvalue weighted by atomic mass is 32.2. The SMILES string of the molecule is CC1CCN(S(=O)(=O)c2cc(F)ccc2C(=O)O)CC1O. The van der Waals surface area contributed by atoms with E-state index in [-0.39, 0.29) is 19.0 Å². The molecule has 1 aliphatic heterocycles. The number of piperidine rings is 1. The summed E-state index contributed by atoms with van der Waals surface area (Å²) in [6.45, 7) is 1.84. The summed E-state index contributed by atoms with van der Waals surface area (Å²) in [6, 6.07) is 2.52. The lowest BCUT2D eigenvalue weighted by atomic mass is 9.98. The zero-order chi connectivity index (χ0) is 15.8. The molecule has 1 fully saturated rings. The third-order valence-corrected chi connectivity index (χ3v) is 5.58. The number of carboxylic acid groups (broad SMARTS) is 1. The van der Waals surface area contributed by atoms with Crippen molar-refractivity contribution in [2.45, 2.75) is 24.3 Å². The Kier molecular flexibility index (Phi) is 4.31. The van der Waals surface area contributed by atoms with Gasteiger partial charge in [-0.05, 0) is 30.5 Å². The quantitative estimate of drug-likeness (QED) is 0.864. The number of β-amino-alcohol motifs (C(OH)–C–C–N with tert-alkyl or cyclic N) is 1. The van der Waals surface area contributed by atoms with Gasteiger partial charge in [0.05, 0.1) is 16.6 Å². The molecule has 2 atom stereocenters. The van der Waals surface area contributed by atoms with Gasteiger partial charge in [0.25, 0.3) is 0 Å². The maximum Gasteiger partial charge on any atom is 0.337 e. The predicted octanol–water partition coefficient (Wildman–Crippen LogP) is 0.915. The monoisotopic (exact) mass is 317 g/mol. The minimum atomic E-state index is -4.16. The molecular weight excluding hydrogens is 301 g/mol. The third kappa shape index (κ3) is 3.07. The van der Waals surface area contributed by atoms with Crippen LogP contribution in [0.4, 0.5) is 4.39 Å². The van der Waals surface area contributed by atoms with Crippen molar-refractivity contribution in [1.82, 2.24) is 4.31 Å². The van der Waals surface area contributed by atoms with E-state index in [0.717, 1.165) is 16.4 Å². The van der Waals surface area contributed by atoms with Crippen LogP contribution in [0.15, 0.2) is 23.1 Å². The Hall–Kier alpha value is -1.51. The normalized spacial score (nSPS) is 24.0. The first-order chi connectivity index (χ1) is 9.73. The average molecular weight is 317 g/mol. The first kappa shape index (κ1) is 15.9. The Balaban J connectivity index is 2.45. The van der Waals surface area contributed by atoms with Gasteiger partial charge in [-0.3, -0.25) is 0 Å². The van der Waals surface area contributed by atoms with E-state index < -0.39 is 38.4 Å². The Morgan fingerprint density at radius 2 is 2.10 bits per heavy atom. The van der Waals surface area contributed by atoms with Crippen LogP contribution in [0.25, 0.3) is 0 Å². The summed E-state index contributed by atoms with van der Waals surface area (Å²) in [5.74, 6) is -2.31. The van der Waals surface area contributed by atoms with Gasteiger partial charge < -0.3 is 10.2 Å². The number of nitrogens with zero attached hydrogens (tertiary/aromatic N) is 1. The van der Waals surface area contributed by atoms with E-state index in [1.807, 2.05) is 0 Å². The molecule has 1 aromatic carbocycles. The van der Waals surface area contributed by atoms with Crippen LogP contribution in [-0.4, -0.2) is 48.1 Å². The fraction of sp³-hybridized carbons (Fsp3) is 0.462. The van der Waals surface area contributed by atoms with Crippen molar-refractivity contribution in [3.05, 3.63) is 29.6 Å². The molecule has 0 aliphatic carbocycles. The standard InChI is InChI=1S/C13H16FNO5S/c1-8-4-5-15(7-11(8)16)21(19,20)12-6-9(14)2-3-10(12)13(17)18/h2-3,6,8,11,16H,4-5,7H2,1H3,(H,17,18). The van der Waals surface area contributed by atoms with E-state index in [4.69, 9.17) is 5.11 Å². The maximum atomic E-state index is 13.3. The van der Waals surface area contributed by atoms with Crippen molar-refractivity contribution in [3.8, 4) is 0 Å². The Bertz CT molecular complexity index is 661. The highest BCUT2D eigenvalue weighted by Crippen LogP contribution is 2.26. The fourth-order valence-electron chi connectivity index (χ4n) is 2.26. The van der Waals surface area contributed by atoms with Gasteiger partial charge in [0.2, 0.25) is 10.0 Å². The van der Waals surface area contributed by atoms with Crippen LogP contribution in [-0.2, 0) is 10.0 Å². The molecule has 2 rings (SSSR count). The van der Waals surface area contributed by atoms with Gasteiger partial charge >= 0.3 is 5.97 Å². The van der Waals surface area contributed by atoms with E-state index in [1.165, 1.54) is 0 Å². The van der Waals surface area contributed by atoms with E-state index in [9.17, 15) is 22.7 Å². The molecular formula is C13H16FNO5S. The number of carbonyl (C=O) groups is 1. The summed E-state index contributed by atoms with van der Waals surface area (Å²) < 4.78 is 39.3. The van der Waals surface area contributed by atoms with Crippen molar-refractivity contribution in [3.63, 3.8) is 0 Å². The summed E-state index contributed by atoms with van der Waals surface area (Å²) >= 11 is 0. The van der Waals surface area contributed by atoms with Gasteiger partial charge in [-0.25, -0.2) is 17.6 Å². The first-order valence-corrected chi connectivity index (χ1v) is 7.88. The molecule has 1 saturated heterocycles. The van der Waals surface area contributed by atoms with Gasteiger partial charge in [0.15, 0.2) is 0 Å². The number of aromatic carboxylic acids is 1. The number of halogens is 1. The molecule has 0 radical (unpaired) electrons. The predicted molar refractivity (Wildman–Crippen MR) is 71.9 cm³/mol. The molecule has 0 bridgehead atoms. The largest absolute Gasteiger partial charge is 0.478 e. The van der Waals surface area contributed by atoms with Gasteiger partial charge in [-0.1, -0.05) is 6.92 Å². The van der Waals surface area contributed by atoms with Crippen molar-refractivity contribution >= 4 is 16.0 Å². The Morgan fingerprint density at radius 1 is 1.43 bits per heavy atom. The molecule has 2 unspecified atom stereocenters. The van der Waals surface area contributed by atoms with Gasteiger partial charge in [0.1, 0.15) is 5.82 Å². The molecule has 1 aliphatic rings. The molecule has 1 heterocycles. The molecule has 0 saturated carbocycles. The molecule has 2 N–H and O–H groups in total. The summed E-state index contributed by atoms with van der Waals surface area (Å²) in [7, 11) is -4.16. The number of carboxylic acids is 1. The molecule has 0 aromatic heterocycles. The van der Waals surface area contributed by atoms with Crippen molar-refractivity contribution in [1.29, 1.82) is 0 Å². The number of hydrogen-bond acceptors (Lipinski definition) is 4. The number of hydrogen-bond donors (Lipinski definition) is 2. The molecule has 0 spiro atoms. The van der Waals surface area contributed by atoms with Crippen molar-refractivity contribution < 1.29 is 27.8 Å². The number of aliphatic hydroxyl groups excluding tert-OH is 1. The van der Waals surface area contributed by atoms with Gasteiger partial charge in [0, 0.05) is 13.1 Å². The van der Waals surface area contributed by atoms with Gasteiger partial charge in [-0.2, -0.15) is 4.31 Å². The topological polar surface area (TPSA) is 94.9 Å². The van der Waals surface area contributed by atoms with E-state index >= 15 is 0 Å². The minimum Gasteiger partial charge on any atom is -0.478 e. The van der Waals surface area contributed by atoms with Crippen LogP contribution >= 0.6 is 0 Å². The number of benzene rings is 1. The van der Waals surface area contributed by atoms with Crippen molar-refractivity contribution in [2.24, 2.45) is 5.92 Å². The summed E-state index contributed by atoms with van der Waals surface area (Å²) in [6.07, 6.45) is -0.367. The lowest BCUT2D eigenvalue weighted by Crippen LogP contribution is -2.46. The van der Waals surface area contributed by atoms with E-state index in [1.54, 1.807) is 6.92 Å². The first-order valence-electron chi connectivity index (χ1n) is 6.44. The Morgan fingerprint density at radius 3 is 2.67 bits per heavy atom. The summed E-state index contributed by atoms with van der Waals surface area (Å²) in [5.41, 5.74) is -0.482. The van der Waals surface area contributed by atoms with Crippen LogP contribution in [0.5, 0.6) is 0 Å². The smallest absolute Gasteiger partial charge is 0.337 e. The third-order valence-electron chi connectivity index (χ3n) is 3.67. The molecule has 21 heavy (non-hydrogen) atoms. The number of sulfonamides is 1. The zero-order valence-corrected chi connectivity index (χ0v) is 12.2. The van der Waals surface area contributed by atoms with Gasteiger partial charge in [-0.15, -0.1) is 0 Å². The highest BCUT2D eigenvalue weighted by molar-refractivity contribution is 7.89. The second kappa shape index (κ2) is 5.70. The second-order valence-electron chi connectivity index (χ2n) is 5.14. The highest BCUT2D eigenvalue weighted by Gasteiger charge is 2.35. The number of aliphatic hydroxyl groups is 1. The van der Waals surface area contributed by atoms with Crippen LogP contribution in [0, 0.1) is 11.7 Å². The average Bonchev–Trinajstić information content (AvgIpc) is 2.41. The van der Waals surface area contributed by atoms with Crippen molar-refractivity contribution in [2.75, 3.05) is 13.1 Å². The summed E-state index contributed by atoms with van der Waals surface area (Å²) in [4.78, 5) is 10.5.